The van der Waals surface area contributed by atoms with E-state index in [0.29, 0.717) is 18.8 Å². The van der Waals surface area contributed by atoms with E-state index in [4.69, 9.17) is 4.74 Å². The molecule has 1 atom stereocenters. The van der Waals surface area contributed by atoms with E-state index in [1.165, 1.54) is 6.20 Å². The number of nitrogens with zero attached hydrogens (tertiary/aromatic N) is 4. The molecule has 0 bridgehead atoms. The molecule has 2 saturated heterocycles. The molecule has 2 aromatic heterocycles. The zero-order valence-corrected chi connectivity index (χ0v) is 19.0. The van der Waals surface area contributed by atoms with Gasteiger partial charge in [0, 0.05) is 37.8 Å². The third-order valence-electron chi connectivity index (χ3n) is 6.14. The van der Waals surface area contributed by atoms with Crippen molar-refractivity contribution in [2.24, 2.45) is 5.41 Å². The van der Waals surface area contributed by atoms with Crippen LogP contribution in [0.4, 0.5) is 10.5 Å². The van der Waals surface area contributed by atoms with Gasteiger partial charge in [-0.25, -0.2) is 9.59 Å². The van der Waals surface area contributed by atoms with Crippen LogP contribution in [0.3, 0.4) is 0 Å². The Kier molecular flexibility index (Phi) is 5.56. The van der Waals surface area contributed by atoms with Gasteiger partial charge in [0.2, 0.25) is 0 Å². The molecule has 2 fully saturated rings. The number of nitrogens with one attached hydrogen (secondary N) is 2. The Morgan fingerprint density at radius 1 is 1.16 bits per heavy atom. The summed E-state index contributed by atoms with van der Waals surface area (Å²) < 4.78 is 5.59. The molecular weight excluding hydrogens is 412 g/mol. The van der Waals surface area contributed by atoms with E-state index in [2.05, 4.69) is 25.1 Å². The third-order valence-corrected chi connectivity index (χ3v) is 6.14. The molecule has 2 aliphatic heterocycles. The minimum Gasteiger partial charge on any atom is -0.444 e. The number of piperidine rings is 1. The Hall–Kier alpha value is -3.17. The van der Waals surface area contributed by atoms with Crippen LogP contribution in [0.5, 0.6) is 0 Å². The largest absolute Gasteiger partial charge is 0.444 e. The minimum atomic E-state index is -0.563. The van der Waals surface area contributed by atoms with Crippen molar-refractivity contribution in [3.05, 3.63) is 38.8 Å². The fourth-order valence-electron chi connectivity index (χ4n) is 4.66. The van der Waals surface area contributed by atoms with E-state index < -0.39 is 16.9 Å². The molecular formula is C22H30N6O4. The predicted octanol–water partition coefficient (Wildman–Crippen LogP) is 2.06. The summed E-state index contributed by atoms with van der Waals surface area (Å²) in [6.45, 7) is 10.5. The maximum absolute atomic E-state index is 12.6. The SMILES string of the molecule is Cc1nnc(-c2c[nH]c(=O)[nH]c2=O)cc1N1CCC2(CCCN(C(=O)OC(C)(C)C)C2)C1. The first-order valence-electron chi connectivity index (χ1n) is 10.9. The average Bonchev–Trinajstić information content (AvgIpc) is 3.10. The fraction of sp³-hybridized carbons (Fsp3) is 0.591. The summed E-state index contributed by atoms with van der Waals surface area (Å²) in [6.07, 6.45) is 4.06. The van der Waals surface area contributed by atoms with Crippen molar-refractivity contribution < 1.29 is 9.53 Å². The van der Waals surface area contributed by atoms with E-state index in [1.54, 1.807) is 0 Å². The van der Waals surface area contributed by atoms with Crippen LogP contribution >= 0.6 is 0 Å². The molecule has 4 rings (SSSR count). The number of aryl methyl sites for hydroxylation is 1. The molecule has 10 heteroatoms. The summed E-state index contributed by atoms with van der Waals surface area (Å²) in [5.74, 6) is 0. The number of aromatic nitrogens is 4. The number of rotatable bonds is 2. The van der Waals surface area contributed by atoms with Gasteiger partial charge >= 0.3 is 11.8 Å². The molecule has 2 aliphatic rings. The molecule has 1 amide bonds. The van der Waals surface area contributed by atoms with Crippen molar-refractivity contribution in [1.29, 1.82) is 0 Å². The first kappa shape index (κ1) is 22.0. The quantitative estimate of drug-likeness (QED) is 0.729. The number of anilines is 1. The standard InChI is InChI=1S/C22H30N6O4/c1-14-17(10-16(26-25-14)15-11-23-19(30)24-18(15)29)27-9-7-22(12-27)6-5-8-28(13-22)20(31)32-21(2,3)4/h10-11H,5-9,12-13H2,1-4H3,(H2,23,24,29,30). The van der Waals surface area contributed by atoms with Crippen LogP contribution in [0.1, 0.15) is 45.7 Å². The maximum atomic E-state index is 12.6. The Bertz CT molecular complexity index is 1130. The molecule has 0 aromatic carbocycles. The highest BCUT2D eigenvalue weighted by Crippen LogP contribution is 2.41. The summed E-state index contributed by atoms with van der Waals surface area (Å²) in [5, 5.41) is 8.42. The Morgan fingerprint density at radius 3 is 2.66 bits per heavy atom. The van der Waals surface area contributed by atoms with Crippen molar-refractivity contribution in [2.75, 3.05) is 31.1 Å². The van der Waals surface area contributed by atoms with Gasteiger partial charge in [0.1, 0.15) is 11.3 Å². The Balaban J connectivity index is 1.55. The number of likely N-dealkylation sites (tertiary alicyclic amines) is 1. The number of carbonyl (C=O) groups is 1. The van der Waals surface area contributed by atoms with Crippen LogP contribution in [-0.2, 0) is 4.74 Å². The van der Waals surface area contributed by atoms with Gasteiger partial charge in [-0.05, 0) is 53.0 Å². The first-order valence-corrected chi connectivity index (χ1v) is 10.9. The van der Waals surface area contributed by atoms with Crippen LogP contribution in [-0.4, -0.2) is 62.9 Å². The molecule has 2 N–H and O–H groups in total. The lowest BCUT2D eigenvalue weighted by atomic mass is 9.79. The summed E-state index contributed by atoms with van der Waals surface area (Å²) >= 11 is 0. The van der Waals surface area contributed by atoms with E-state index in [-0.39, 0.29) is 17.1 Å². The molecule has 1 spiro atoms. The number of hydrogen-bond acceptors (Lipinski definition) is 7. The Morgan fingerprint density at radius 2 is 1.94 bits per heavy atom. The normalized spacial score (nSPS) is 21.2. The van der Waals surface area contributed by atoms with E-state index >= 15 is 0 Å². The van der Waals surface area contributed by atoms with Gasteiger partial charge in [-0.1, -0.05) is 0 Å². The highest BCUT2D eigenvalue weighted by Gasteiger charge is 2.43. The predicted molar refractivity (Wildman–Crippen MR) is 120 cm³/mol. The number of carbonyl (C=O) groups excluding carboxylic acids is 1. The fourth-order valence-corrected chi connectivity index (χ4v) is 4.66. The number of amides is 1. The lowest BCUT2D eigenvalue weighted by molar-refractivity contribution is 0.00713. The summed E-state index contributed by atoms with van der Waals surface area (Å²) in [6, 6.07) is 1.85. The van der Waals surface area contributed by atoms with Gasteiger partial charge in [0.05, 0.1) is 16.9 Å². The van der Waals surface area contributed by atoms with Gasteiger partial charge in [-0.15, -0.1) is 5.10 Å². The number of aromatic amines is 2. The number of H-pyrrole nitrogens is 2. The zero-order chi connectivity index (χ0) is 23.1. The van der Waals surface area contributed by atoms with Gasteiger partial charge in [0.25, 0.3) is 5.56 Å². The number of hydrogen-bond donors (Lipinski definition) is 2. The van der Waals surface area contributed by atoms with Crippen LogP contribution in [0, 0.1) is 12.3 Å². The average molecular weight is 443 g/mol. The molecule has 32 heavy (non-hydrogen) atoms. The van der Waals surface area contributed by atoms with Crippen molar-refractivity contribution >= 4 is 11.8 Å². The van der Waals surface area contributed by atoms with Gasteiger partial charge in [0.15, 0.2) is 0 Å². The molecule has 10 nitrogen and oxygen atoms in total. The lowest BCUT2D eigenvalue weighted by Crippen LogP contribution is -2.48. The van der Waals surface area contributed by atoms with Crippen molar-refractivity contribution in [3.8, 4) is 11.3 Å². The molecule has 1 unspecified atom stereocenters. The molecule has 0 saturated carbocycles. The summed E-state index contributed by atoms with van der Waals surface area (Å²) in [7, 11) is 0. The molecule has 0 radical (unpaired) electrons. The smallest absolute Gasteiger partial charge is 0.410 e. The minimum absolute atomic E-state index is 0.000480. The lowest BCUT2D eigenvalue weighted by Gasteiger charge is -2.40. The first-order chi connectivity index (χ1) is 15.1. The zero-order valence-electron chi connectivity index (χ0n) is 19.0. The summed E-state index contributed by atoms with van der Waals surface area (Å²) in [5.41, 5.74) is 0.769. The molecule has 0 aliphatic carbocycles. The topological polar surface area (TPSA) is 124 Å². The Labute approximate surface area is 186 Å². The van der Waals surface area contributed by atoms with Gasteiger partial charge in [-0.3, -0.25) is 9.78 Å². The monoisotopic (exact) mass is 442 g/mol. The van der Waals surface area contributed by atoms with E-state index in [1.807, 2.05) is 38.7 Å². The second-order valence-electron chi connectivity index (χ2n) is 9.86. The van der Waals surface area contributed by atoms with Crippen LogP contribution in [0.15, 0.2) is 21.9 Å². The van der Waals surface area contributed by atoms with Crippen molar-refractivity contribution in [2.45, 2.75) is 52.6 Å². The number of ether oxygens (including phenoxy) is 1. The summed E-state index contributed by atoms with van der Waals surface area (Å²) in [4.78, 5) is 44.9. The second-order valence-corrected chi connectivity index (χ2v) is 9.86. The highest BCUT2D eigenvalue weighted by molar-refractivity contribution is 5.68. The molecule has 4 heterocycles. The second kappa shape index (κ2) is 8.07. The van der Waals surface area contributed by atoms with Crippen LogP contribution in [0.2, 0.25) is 0 Å². The van der Waals surface area contributed by atoms with E-state index in [0.717, 1.165) is 43.7 Å². The molecule has 2 aromatic rings. The molecule has 172 valence electrons. The van der Waals surface area contributed by atoms with Crippen molar-refractivity contribution in [1.82, 2.24) is 25.1 Å². The third kappa shape index (κ3) is 4.53. The van der Waals surface area contributed by atoms with Crippen LogP contribution < -0.4 is 16.1 Å². The van der Waals surface area contributed by atoms with Crippen molar-refractivity contribution in [3.63, 3.8) is 0 Å². The van der Waals surface area contributed by atoms with E-state index in [9.17, 15) is 14.4 Å². The maximum Gasteiger partial charge on any atom is 0.410 e. The highest BCUT2D eigenvalue weighted by atomic mass is 16.6. The van der Waals surface area contributed by atoms with Gasteiger partial charge in [-0.2, -0.15) is 5.10 Å². The van der Waals surface area contributed by atoms with Gasteiger partial charge < -0.3 is 19.5 Å². The van der Waals surface area contributed by atoms with Crippen LogP contribution in [0.25, 0.3) is 11.3 Å².